The molecule has 1 aliphatic rings. The molecule has 1 heterocycles. The van der Waals surface area contributed by atoms with Crippen LogP contribution in [0.15, 0.2) is 82.7 Å². The quantitative estimate of drug-likeness (QED) is 0.221. The summed E-state index contributed by atoms with van der Waals surface area (Å²) in [6, 6.07) is 20.7. The number of hydrogen-bond donors (Lipinski definition) is 3. The van der Waals surface area contributed by atoms with E-state index in [1.165, 1.54) is 28.8 Å². The number of imide groups is 1. The standard InChI is InChI=1S/C27H28N4O5S2/c1-18-2-10-22(11-3-18)31-25(33)16-24(26(31)34)37-27(30-21-8-4-20(17-32)5-9-21)29-15-14-19-6-12-23(13-7-19)38(28,35)36/h2-13,24,32H,14-17H2,1H3,(H,29,30)(H2,28,35,36). The molecule has 0 bridgehead atoms. The highest BCUT2D eigenvalue weighted by Gasteiger charge is 2.40. The van der Waals surface area contributed by atoms with Crippen LogP contribution < -0.4 is 15.4 Å². The summed E-state index contributed by atoms with van der Waals surface area (Å²) in [5.74, 6) is -0.564. The van der Waals surface area contributed by atoms with E-state index >= 15 is 0 Å². The topological polar surface area (TPSA) is 142 Å². The van der Waals surface area contributed by atoms with Crippen molar-refractivity contribution in [1.82, 2.24) is 0 Å². The van der Waals surface area contributed by atoms with Gasteiger partial charge in [-0.1, -0.05) is 53.7 Å². The summed E-state index contributed by atoms with van der Waals surface area (Å²) >= 11 is 1.19. The molecule has 2 amide bonds. The average Bonchev–Trinajstić information content (AvgIpc) is 3.17. The van der Waals surface area contributed by atoms with Crippen LogP contribution in [0.25, 0.3) is 0 Å². The first-order valence-electron chi connectivity index (χ1n) is 11.9. The molecule has 4 N–H and O–H groups in total. The van der Waals surface area contributed by atoms with Crippen LogP contribution in [0.3, 0.4) is 0 Å². The molecule has 0 radical (unpaired) electrons. The number of nitrogens with zero attached hydrogens (tertiary/aromatic N) is 2. The molecule has 0 saturated carbocycles. The monoisotopic (exact) mass is 552 g/mol. The highest BCUT2D eigenvalue weighted by atomic mass is 32.2. The van der Waals surface area contributed by atoms with Crippen LogP contribution in [0.4, 0.5) is 11.4 Å². The summed E-state index contributed by atoms with van der Waals surface area (Å²) in [4.78, 5) is 31.9. The van der Waals surface area contributed by atoms with Gasteiger partial charge in [0.2, 0.25) is 21.8 Å². The Hall–Kier alpha value is -3.51. The Morgan fingerprint density at radius 3 is 2.26 bits per heavy atom. The number of benzene rings is 3. The van der Waals surface area contributed by atoms with Crippen molar-refractivity contribution in [2.24, 2.45) is 10.1 Å². The number of amidine groups is 1. The predicted molar refractivity (Wildman–Crippen MR) is 149 cm³/mol. The number of aliphatic imine (C=N–C) groups is 1. The lowest BCUT2D eigenvalue weighted by molar-refractivity contribution is -0.121. The molecule has 11 heteroatoms. The lowest BCUT2D eigenvalue weighted by Gasteiger charge is -2.16. The zero-order valence-electron chi connectivity index (χ0n) is 20.7. The second-order valence-electron chi connectivity index (χ2n) is 8.82. The van der Waals surface area contributed by atoms with E-state index in [-0.39, 0.29) is 29.7 Å². The minimum absolute atomic E-state index is 0.0385. The van der Waals surface area contributed by atoms with Crippen molar-refractivity contribution in [3.63, 3.8) is 0 Å². The molecule has 1 fully saturated rings. The first-order valence-corrected chi connectivity index (χ1v) is 14.3. The van der Waals surface area contributed by atoms with Crippen LogP contribution in [0, 0.1) is 6.92 Å². The number of anilines is 2. The Morgan fingerprint density at radius 1 is 1.03 bits per heavy atom. The maximum atomic E-state index is 13.2. The first kappa shape index (κ1) is 27.5. The molecule has 3 aromatic rings. The summed E-state index contributed by atoms with van der Waals surface area (Å²) in [6.07, 6.45) is 0.573. The Morgan fingerprint density at radius 2 is 1.66 bits per heavy atom. The Balaban J connectivity index is 1.50. The van der Waals surface area contributed by atoms with Crippen molar-refractivity contribution in [1.29, 1.82) is 0 Å². The van der Waals surface area contributed by atoms with Crippen molar-refractivity contribution in [3.05, 3.63) is 89.5 Å². The fourth-order valence-corrected chi connectivity index (χ4v) is 5.41. The molecule has 1 aliphatic heterocycles. The van der Waals surface area contributed by atoms with Crippen LogP contribution in [-0.4, -0.2) is 42.3 Å². The maximum Gasteiger partial charge on any atom is 0.247 e. The number of thioether (sulfide) groups is 1. The molecule has 1 saturated heterocycles. The summed E-state index contributed by atoms with van der Waals surface area (Å²) < 4.78 is 23.0. The number of carbonyl (C=O) groups is 2. The molecule has 3 aromatic carbocycles. The molecule has 0 aromatic heterocycles. The lowest BCUT2D eigenvalue weighted by atomic mass is 10.1. The van der Waals surface area contributed by atoms with Crippen molar-refractivity contribution >= 4 is 50.1 Å². The van der Waals surface area contributed by atoms with Crippen LogP contribution in [0.2, 0.25) is 0 Å². The Labute approximate surface area is 225 Å². The number of carbonyl (C=O) groups excluding carboxylic acids is 2. The molecule has 0 aliphatic carbocycles. The van der Waals surface area contributed by atoms with E-state index in [1.54, 1.807) is 48.5 Å². The van der Waals surface area contributed by atoms with Gasteiger partial charge < -0.3 is 10.4 Å². The second kappa shape index (κ2) is 11.9. The zero-order chi connectivity index (χ0) is 27.3. The van der Waals surface area contributed by atoms with E-state index in [4.69, 9.17) is 5.14 Å². The van der Waals surface area contributed by atoms with Gasteiger partial charge in [-0.15, -0.1) is 0 Å². The van der Waals surface area contributed by atoms with Gasteiger partial charge in [-0.25, -0.2) is 18.5 Å². The third kappa shape index (κ3) is 6.87. The van der Waals surface area contributed by atoms with Gasteiger partial charge in [-0.2, -0.15) is 0 Å². The number of aryl methyl sites for hydroxylation is 1. The average molecular weight is 553 g/mol. The summed E-state index contributed by atoms with van der Waals surface area (Å²) in [5.41, 5.74) is 3.93. The third-order valence-electron chi connectivity index (χ3n) is 5.95. The number of sulfonamides is 1. The van der Waals surface area contributed by atoms with Gasteiger partial charge in [0.15, 0.2) is 5.17 Å². The van der Waals surface area contributed by atoms with E-state index in [1.807, 2.05) is 19.1 Å². The lowest BCUT2D eigenvalue weighted by Crippen LogP contribution is -2.31. The van der Waals surface area contributed by atoms with Crippen LogP contribution in [0.5, 0.6) is 0 Å². The molecule has 4 rings (SSSR count). The SMILES string of the molecule is Cc1ccc(N2C(=O)CC(SC(=NCCc3ccc(S(N)(=O)=O)cc3)Nc3ccc(CO)cc3)C2=O)cc1. The minimum atomic E-state index is -3.76. The van der Waals surface area contributed by atoms with E-state index < -0.39 is 15.3 Å². The van der Waals surface area contributed by atoms with Crippen molar-refractivity contribution in [3.8, 4) is 0 Å². The Bertz CT molecular complexity index is 1440. The van der Waals surface area contributed by atoms with Gasteiger partial charge in [0.1, 0.15) is 5.25 Å². The van der Waals surface area contributed by atoms with E-state index in [0.29, 0.717) is 23.8 Å². The van der Waals surface area contributed by atoms with Gasteiger partial charge >= 0.3 is 0 Å². The van der Waals surface area contributed by atoms with E-state index in [0.717, 1.165) is 22.4 Å². The van der Waals surface area contributed by atoms with Gasteiger partial charge in [-0.05, 0) is 60.9 Å². The third-order valence-corrected chi connectivity index (χ3v) is 7.98. The summed E-state index contributed by atoms with van der Waals surface area (Å²) in [6.45, 7) is 2.22. The Kier molecular flexibility index (Phi) is 8.62. The van der Waals surface area contributed by atoms with Gasteiger partial charge in [-0.3, -0.25) is 14.6 Å². The maximum absolute atomic E-state index is 13.2. The van der Waals surface area contributed by atoms with Gasteiger partial charge in [0.05, 0.1) is 17.2 Å². The molecular weight excluding hydrogens is 524 g/mol. The molecular formula is C27H28N4O5S2. The number of hydrogen-bond acceptors (Lipinski definition) is 7. The minimum Gasteiger partial charge on any atom is -0.392 e. The van der Waals surface area contributed by atoms with Gasteiger partial charge in [0, 0.05) is 18.7 Å². The summed E-state index contributed by atoms with van der Waals surface area (Å²) in [5, 5.41) is 17.5. The number of nitrogens with one attached hydrogen (secondary N) is 1. The number of aliphatic hydroxyl groups excluding tert-OH is 1. The fourth-order valence-electron chi connectivity index (χ4n) is 3.85. The van der Waals surface area contributed by atoms with Crippen LogP contribution in [0.1, 0.15) is 23.1 Å². The zero-order valence-corrected chi connectivity index (χ0v) is 22.3. The molecule has 9 nitrogen and oxygen atoms in total. The first-order chi connectivity index (χ1) is 18.1. The molecule has 1 unspecified atom stereocenters. The molecule has 1 atom stereocenters. The molecule has 38 heavy (non-hydrogen) atoms. The number of aliphatic hydroxyl groups is 1. The molecule has 198 valence electrons. The van der Waals surface area contributed by atoms with Crippen LogP contribution >= 0.6 is 11.8 Å². The second-order valence-corrected chi connectivity index (χ2v) is 11.6. The highest BCUT2D eigenvalue weighted by molar-refractivity contribution is 8.15. The molecule has 0 spiro atoms. The predicted octanol–water partition coefficient (Wildman–Crippen LogP) is 3.21. The normalized spacial score (nSPS) is 16.2. The highest BCUT2D eigenvalue weighted by Crippen LogP contribution is 2.31. The summed E-state index contributed by atoms with van der Waals surface area (Å²) in [7, 11) is -3.76. The fraction of sp³-hybridized carbons (Fsp3) is 0.222. The van der Waals surface area contributed by atoms with Crippen LogP contribution in [-0.2, 0) is 32.6 Å². The number of amides is 2. The van der Waals surface area contributed by atoms with Crippen molar-refractivity contribution < 1.29 is 23.1 Å². The largest absolute Gasteiger partial charge is 0.392 e. The van der Waals surface area contributed by atoms with Crippen molar-refractivity contribution in [2.45, 2.75) is 36.5 Å². The van der Waals surface area contributed by atoms with Gasteiger partial charge in [0.25, 0.3) is 0 Å². The van der Waals surface area contributed by atoms with E-state index in [2.05, 4.69) is 10.3 Å². The van der Waals surface area contributed by atoms with Crippen molar-refractivity contribution in [2.75, 3.05) is 16.8 Å². The van der Waals surface area contributed by atoms with E-state index in [9.17, 15) is 23.1 Å². The number of primary sulfonamides is 1. The smallest absolute Gasteiger partial charge is 0.247 e. The number of nitrogens with two attached hydrogens (primary N) is 1. The number of rotatable bonds is 8.